The first-order valence-electron chi connectivity index (χ1n) is 32.0. The first-order valence-corrected chi connectivity index (χ1v) is 32.0. The van der Waals surface area contributed by atoms with Gasteiger partial charge in [-0.05, 0) is 215 Å². The highest BCUT2D eigenvalue weighted by molar-refractivity contribution is 5.99. The third kappa shape index (κ3) is 15.9. The van der Waals surface area contributed by atoms with Crippen LogP contribution in [0.25, 0.3) is 5.57 Å². The predicted octanol–water partition coefficient (Wildman–Crippen LogP) is 15.3. The number of hydrogen-bond donors (Lipinski definition) is 3. The molecule has 8 aliphatic rings. The fourth-order valence-corrected chi connectivity index (χ4v) is 14.5. The van der Waals surface area contributed by atoms with Gasteiger partial charge in [0.05, 0.1) is 0 Å². The van der Waals surface area contributed by atoms with Crippen LogP contribution in [0.15, 0.2) is 104 Å². The van der Waals surface area contributed by atoms with E-state index in [9.17, 15) is 28.8 Å². The largest absolute Gasteiger partial charge is 0.444 e. The molecule has 4 saturated heterocycles. The Morgan fingerprint density at radius 2 is 0.727 bits per heavy atom. The highest BCUT2D eigenvalue weighted by atomic mass is 16.6. The Balaban J connectivity index is 0.000000169. The number of carbonyl (C=O) groups is 6. The van der Waals surface area contributed by atoms with E-state index in [0.717, 1.165) is 127 Å². The molecular formula is C73H102N6O9. The predicted molar refractivity (Wildman–Crippen MR) is 352 cm³/mol. The Morgan fingerprint density at radius 3 is 1.12 bits per heavy atom. The summed E-state index contributed by atoms with van der Waals surface area (Å²) in [6.07, 6.45) is 13.9. The number of likely N-dealkylation sites (tertiary alicyclic amines) is 3. The maximum absolute atomic E-state index is 12.3. The number of ether oxygens (including phenoxy) is 3. The average molecular weight is 1210 g/mol. The SMILES string of the molecule is C.C=C1CCC2(CCN(C(=O)OC(C)(C)C)CC2)c2ccccc21.CC(C)(C)OC(=O)N1CCC2(CCC(=O)Nc3ccccc32)CC1.CC(C)(C)OC(=O)N1CCC2(CCC(=O)c3ccccc32)CC1.O=C1CCC2(CCNCC2)c2ccccc2N1.[2HH]. The van der Waals surface area contributed by atoms with E-state index in [0.29, 0.717) is 45.4 Å². The molecule has 0 radical (unpaired) electrons. The summed E-state index contributed by atoms with van der Waals surface area (Å²) in [7, 11) is 0. The van der Waals surface area contributed by atoms with Gasteiger partial charge in [-0.15, -0.1) is 0 Å². The zero-order valence-electron chi connectivity index (χ0n) is 53.4. The van der Waals surface area contributed by atoms with Gasteiger partial charge in [0.25, 0.3) is 0 Å². The number of para-hydroxylation sites is 2. The van der Waals surface area contributed by atoms with Gasteiger partial charge in [0.2, 0.25) is 11.8 Å². The van der Waals surface area contributed by atoms with E-state index in [2.05, 4.69) is 71.1 Å². The average Bonchev–Trinajstić information content (AvgIpc) is 1.03. The van der Waals surface area contributed by atoms with Crippen molar-refractivity contribution in [2.24, 2.45) is 0 Å². The van der Waals surface area contributed by atoms with Crippen molar-refractivity contribution in [3.63, 3.8) is 0 Å². The van der Waals surface area contributed by atoms with Gasteiger partial charge >= 0.3 is 18.3 Å². The van der Waals surface area contributed by atoms with Crippen LogP contribution in [0, 0.1) is 0 Å². The highest BCUT2D eigenvalue weighted by Gasteiger charge is 2.45. The van der Waals surface area contributed by atoms with Crippen LogP contribution < -0.4 is 16.0 Å². The van der Waals surface area contributed by atoms with E-state index in [1.54, 1.807) is 9.80 Å². The number of rotatable bonds is 0. The molecule has 4 fully saturated rings. The molecule has 4 aromatic carbocycles. The molecule has 6 aliphatic heterocycles. The van der Waals surface area contributed by atoms with Crippen molar-refractivity contribution >= 4 is 52.8 Å². The minimum absolute atomic E-state index is 0. The molecule has 6 heterocycles. The van der Waals surface area contributed by atoms with E-state index in [-0.39, 0.29) is 66.4 Å². The summed E-state index contributed by atoms with van der Waals surface area (Å²) < 4.78 is 16.5. The first-order chi connectivity index (χ1) is 41.2. The van der Waals surface area contributed by atoms with E-state index in [4.69, 9.17) is 14.2 Å². The molecule has 88 heavy (non-hydrogen) atoms. The first kappa shape index (κ1) is 66.9. The lowest BCUT2D eigenvalue weighted by molar-refractivity contribution is -0.117. The van der Waals surface area contributed by atoms with Gasteiger partial charge in [-0.25, -0.2) is 14.4 Å². The van der Waals surface area contributed by atoms with Crippen LogP contribution in [-0.4, -0.2) is 120 Å². The number of hydrogen-bond acceptors (Lipinski definition) is 10. The molecule has 0 aromatic heterocycles. The van der Waals surface area contributed by atoms with Gasteiger partial charge < -0.3 is 44.9 Å². The summed E-state index contributed by atoms with van der Waals surface area (Å²) in [5.74, 6) is 0.488. The Kier molecular flexibility index (Phi) is 20.8. The second-order valence-electron chi connectivity index (χ2n) is 28.6. The summed E-state index contributed by atoms with van der Waals surface area (Å²) in [5, 5.41) is 9.46. The summed E-state index contributed by atoms with van der Waals surface area (Å²) in [6, 6.07) is 33.0. The van der Waals surface area contributed by atoms with Crippen molar-refractivity contribution in [1.29, 1.82) is 0 Å². The lowest BCUT2D eigenvalue weighted by Gasteiger charge is -2.45. The minimum atomic E-state index is -0.475. The van der Waals surface area contributed by atoms with Gasteiger partial charge in [-0.1, -0.05) is 98.9 Å². The second-order valence-corrected chi connectivity index (χ2v) is 28.6. The van der Waals surface area contributed by atoms with Crippen molar-refractivity contribution in [2.75, 3.05) is 63.0 Å². The van der Waals surface area contributed by atoms with Crippen molar-refractivity contribution in [1.82, 2.24) is 20.0 Å². The monoisotopic (exact) mass is 1210 g/mol. The third-order valence-electron chi connectivity index (χ3n) is 19.3. The van der Waals surface area contributed by atoms with E-state index in [1.165, 1.54) is 33.4 Å². The molecule has 0 saturated carbocycles. The normalized spacial score (nSPS) is 20.5. The van der Waals surface area contributed by atoms with Crippen molar-refractivity contribution in [3.8, 4) is 0 Å². The molecule has 4 aromatic rings. The van der Waals surface area contributed by atoms with Crippen LogP contribution in [0.1, 0.15) is 212 Å². The van der Waals surface area contributed by atoms with Gasteiger partial charge in [0.15, 0.2) is 5.78 Å². The fourth-order valence-electron chi connectivity index (χ4n) is 14.5. The molecule has 0 atom stereocenters. The lowest BCUT2D eigenvalue weighted by atomic mass is 9.64. The molecule has 0 bridgehead atoms. The number of nitrogens with one attached hydrogen (secondary N) is 3. The quantitative estimate of drug-likeness (QED) is 0.144. The molecule has 478 valence electrons. The van der Waals surface area contributed by atoms with Crippen molar-refractivity contribution < 1.29 is 44.4 Å². The van der Waals surface area contributed by atoms with Gasteiger partial charge in [0.1, 0.15) is 16.8 Å². The van der Waals surface area contributed by atoms with Gasteiger partial charge in [-0.3, -0.25) is 14.4 Å². The van der Waals surface area contributed by atoms with Gasteiger partial charge in [-0.2, -0.15) is 0 Å². The zero-order chi connectivity index (χ0) is 62.4. The Bertz CT molecular complexity index is 3050. The Morgan fingerprint density at radius 1 is 0.420 bits per heavy atom. The summed E-state index contributed by atoms with van der Waals surface area (Å²) >= 11 is 0. The number of benzene rings is 4. The smallest absolute Gasteiger partial charge is 0.410 e. The summed E-state index contributed by atoms with van der Waals surface area (Å²) in [4.78, 5) is 78.2. The number of amides is 5. The van der Waals surface area contributed by atoms with Crippen LogP contribution in [0.2, 0.25) is 0 Å². The second kappa shape index (κ2) is 27.4. The number of nitrogens with zero attached hydrogens (tertiary/aromatic N) is 3. The molecule has 5 amide bonds. The number of ketones is 1. The molecule has 2 aliphatic carbocycles. The lowest BCUT2D eigenvalue weighted by Crippen LogP contribution is -2.48. The Labute approximate surface area is 525 Å². The van der Waals surface area contributed by atoms with Crippen LogP contribution in [-0.2, 0) is 45.5 Å². The molecular weight excluding hydrogens is 1100 g/mol. The van der Waals surface area contributed by atoms with Crippen LogP contribution in [0.5, 0.6) is 0 Å². The van der Waals surface area contributed by atoms with E-state index in [1.807, 2.05) is 116 Å². The maximum atomic E-state index is 12.3. The van der Waals surface area contributed by atoms with Crippen molar-refractivity contribution in [3.05, 3.63) is 137 Å². The molecule has 3 N–H and O–H groups in total. The van der Waals surface area contributed by atoms with Crippen molar-refractivity contribution in [2.45, 2.75) is 211 Å². The summed E-state index contributed by atoms with van der Waals surface area (Å²) in [6.45, 7) is 27.7. The number of anilines is 2. The highest BCUT2D eigenvalue weighted by Crippen LogP contribution is 2.50. The van der Waals surface area contributed by atoms with Crippen LogP contribution >= 0.6 is 0 Å². The summed E-state index contributed by atoms with van der Waals surface area (Å²) in [5.41, 5.74) is 9.62. The van der Waals surface area contributed by atoms with E-state index >= 15 is 0 Å². The molecule has 12 rings (SSSR count). The topological polar surface area (TPSA) is 176 Å². The number of fused-ring (bicyclic) bond motifs is 8. The molecule has 0 unspecified atom stereocenters. The Hall–Kier alpha value is -7.00. The third-order valence-corrected chi connectivity index (χ3v) is 19.3. The molecule has 4 spiro atoms. The van der Waals surface area contributed by atoms with Crippen LogP contribution in [0.4, 0.5) is 25.8 Å². The zero-order valence-corrected chi connectivity index (χ0v) is 53.4. The fraction of sp³-hybridized carbons (Fsp3) is 0.562. The minimum Gasteiger partial charge on any atom is -0.444 e. The number of carbonyl (C=O) groups excluding carboxylic acids is 6. The maximum Gasteiger partial charge on any atom is 0.410 e. The number of piperidine rings is 4. The standard InChI is InChI=1S/C20H27NO2.C19H26N2O3.C19H25NO3.C14H18N2O.CH4.H2/c1-15-9-10-20(17-8-6-5-7-16(15)17)11-13-21(14-12-20)18(22)23-19(2,3)4;1-18(2,3)24-17(23)21-12-10-19(11-13-21)9-8-16(22)20-15-7-5-4-6-14(15)19;1-18(2,3)23-17(22)20-12-10-19(11-13-20)9-8-16(21)14-6-4-5-7-15(14)19;17-13-5-6-14(7-9-15-10-8-14)11-3-1-2-4-12(11)16-13;;/h5-8H,1,9-14H2,2-4H3;4-7H,8-13H2,1-3H3,(H,20,22);4-7H,8-13H2,1-3H3;1-4,15H,5-10H2,(H,16,17);1H4;1H/i;;;;;1+1. The van der Waals surface area contributed by atoms with Crippen LogP contribution in [0.3, 0.4) is 0 Å². The molecule has 15 nitrogen and oxygen atoms in total. The number of allylic oxidation sites excluding steroid dienone is 1. The number of Topliss-reactive ketones (excluding diaryl/α,β-unsaturated/α-hetero) is 1. The van der Waals surface area contributed by atoms with Gasteiger partial charge in [0, 0.05) is 87.7 Å². The molecule has 15 heteroatoms. The van der Waals surface area contributed by atoms with E-state index < -0.39 is 16.8 Å².